The number of phenolic OH excluding ortho intramolecular Hbond substituents is 1. The number of hydrogen-bond donors (Lipinski definition) is 3. The van der Waals surface area contributed by atoms with Gasteiger partial charge in [-0.2, -0.15) is 0 Å². The Bertz CT molecular complexity index is 975. The number of fused-ring (bicyclic) bond motifs is 1. The summed E-state index contributed by atoms with van der Waals surface area (Å²) in [4.78, 5) is 8.38. The first kappa shape index (κ1) is 18.1. The maximum atomic E-state index is 13.0. The van der Waals surface area contributed by atoms with Crippen molar-refractivity contribution in [1.82, 2.24) is 9.97 Å². The molecule has 26 heavy (non-hydrogen) atoms. The summed E-state index contributed by atoms with van der Waals surface area (Å²) < 4.78 is 23.0. The van der Waals surface area contributed by atoms with E-state index < -0.39 is 16.6 Å². The molecule has 2 aromatic carbocycles. The average Bonchev–Trinajstić information content (AvgIpc) is 2.55. The highest BCUT2D eigenvalue weighted by Gasteiger charge is 2.10. The molecule has 0 amide bonds. The molecule has 0 spiro atoms. The summed E-state index contributed by atoms with van der Waals surface area (Å²) in [5.74, 6) is 1.75. The quantitative estimate of drug-likeness (QED) is 0.470. The van der Waals surface area contributed by atoms with Crippen molar-refractivity contribution in [3.8, 4) is 5.75 Å². The van der Waals surface area contributed by atoms with Crippen LogP contribution in [-0.2, 0) is 10.8 Å². The maximum absolute atomic E-state index is 13.0. The lowest BCUT2D eigenvalue weighted by Crippen LogP contribution is -2.15. The highest BCUT2D eigenvalue weighted by atomic mass is 32.2. The summed E-state index contributed by atoms with van der Waals surface area (Å²) in [7, 11) is -0.392. The van der Waals surface area contributed by atoms with E-state index in [1.807, 2.05) is 13.0 Å². The molecule has 0 unspecified atom stereocenters. The van der Waals surface area contributed by atoms with E-state index in [1.165, 1.54) is 24.9 Å². The number of benzene rings is 2. The van der Waals surface area contributed by atoms with Gasteiger partial charge in [-0.05, 0) is 43.2 Å². The van der Waals surface area contributed by atoms with Gasteiger partial charge in [-0.15, -0.1) is 0 Å². The van der Waals surface area contributed by atoms with E-state index in [1.54, 1.807) is 6.07 Å². The Labute approximate surface area is 152 Å². The maximum Gasteiger partial charge on any atom is 0.142 e. The van der Waals surface area contributed by atoms with Crippen LogP contribution in [0.5, 0.6) is 5.75 Å². The third-order valence-corrected chi connectivity index (χ3v) is 5.40. The number of hydrogen-bond acceptors (Lipinski definition) is 6. The van der Waals surface area contributed by atoms with Crippen LogP contribution in [0.1, 0.15) is 12.0 Å². The zero-order valence-corrected chi connectivity index (χ0v) is 15.0. The summed E-state index contributed by atoms with van der Waals surface area (Å²) in [6.45, 7) is 1.90. The number of nitrogen functional groups attached to an aromatic ring is 1. The number of rotatable bonds is 2. The number of aryl methyl sites for hydroxylation is 1. The zero-order valence-electron chi connectivity index (χ0n) is 14.2. The van der Waals surface area contributed by atoms with Crippen LogP contribution in [0.3, 0.4) is 0 Å². The second kappa shape index (κ2) is 7.65. The molecule has 1 fully saturated rings. The first-order chi connectivity index (χ1) is 12.4. The van der Waals surface area contributed by atoms with Crippen LogP contribution in [0.2, 0.25) is 0 Å². The minimum absolute atomic E-state index is 0.185. The predicted molar refractivity (Wildman–Crippen MR) is 103 cm³/mol. The molecule has 8 heteroatoms. The number of aromatic nitrogens is 2. The molecule has 3 aromatic rings. The van der Waals surface area contributed by atoms with Crippen molar-refractivity contribution in [2.45, 2.75) is 13.3 Å². The second-order valence-electron chi connectivity index (χ2n) is 5.94. The van der Waals surface area contributed by atoms with Crippen LogP contribution in [0, 0.1) is 12.7 Å². The summed E-state index contributed by atoms with van der Waals surface area (Å²) in [6.07, 6.45) is 2.59. The smallest absolute Gasteiger partial charge is 0.142 e. The molecule has 0 radical (unpaired) electrons. The predicted octanol–water partition coefficient (Wildman–Crippen LogP) is 3.25. The second-order valence-corrected chi connectivity index (χ2v) is 7.64. The van der Waals surface area contributed by atoms with Gasteiger partial charge in [0.2, 0.25) is 0 Å². The van der Waals surface area contributed by atoms with E-state index in [0.29, 0.717) is 22.7 Å². The summed E-state index contributed by atoms with van der Waals surface area (Å²) >= 11 is 0. The number of aromatic hydroxyl groups is 1. The molecule has 6 nitrogen and oxygen atoms in total. The van der Waals surface area contributed by atoms with Gasteiger partial charge in [-0.3, -0.25) is 4.21 Å². The van der Waals surface area contributed by atoms with Gasteiger partial charge >= 0.3 is 0 Å². The lowest BCUT2D eigenvalue weighted by Gasteiger charge is -2.12. The first-order valence-corrected chi connectivity index (χ1v) is 9.54. The molecule has 1 aliphatic rings. The Morgan fingerprint density at radius 1 is 1.23 bits per heavy atom. The van der Waals surface area contributed by atoms with Gasteiger partial charge in [-0.1, -0.05) is 0 Å². The molecule has 4 N–H and O–H groups in total. The van der Waals surface area contributed by atoms with Crippen molar-refractivity contribution < 1.29 is 13.7 Å². The standard InChI is InChI=1S/C15H13FN4O.C3H6OS/c1-8-4-10(17)6-12-14(8)15(19-7-18-12)20-11-3-2-9(16)5-13(11)21;4-5-2-1-3-5/h2-7,21H,17H2,1H3,(H,18,19,20);1-3H2. The Balaban J connectivity index is 0.000000339. The third-order valence-electron chi connectivity index (χ3n) is 3.91. The fourth-order valence-corrected chi connectivity index (χ4v) is 3.04. The molecule has 0 aliphatic carbocycles. The average molecular weight is 374 g/mol. The largest absolute Gasteiger partial charge is 0.506 e. The van der Waals surface area contributed by atoms with Crippen LogP contribution in [0.25, 0.3) is 10.9 Å². The lowest BCUT2D eigenvalue weighted by atomic mass is 10.1. The van der Waals surface area contributed by atoms with Crippen molar-refractivity contribution in [2.24, 2.45) is 0 Å². The molecule has 2 heterocycles. The van der Waals surface area contributed by atoms with Crippen LogP contribution in [-0.4, -0.2) is 30.8 Å². The van der Waals surface area contributed by atoms with Crippen molar-refractivity contribution in [3.05, 3.63) is 48.0 Å². The molecule has 4 rings (SSSR count). The summed E-state index contributed by atoms with van der Waals surface area (Å²) in [5, 5.41) is 13.6. The van der Waals surface area contributed by atoms with Gasteiger partial charge in [-0.25, -0.2) is 14.4 Å². The van der Waals surface area contributed by atoms with Crippen molar-refractivity contribution in [2.75, 3.05) is 22.6 Å². The molecular formula is C18H19FN4O2S. The molecule has 0 bridgehead atoms. The van der Waals surface area contributed by atoms with Gasteiger partial charge in [0.15, 0.2) is 0 Å². The van der Waals surface area contributed by atoms with E-state index in [-0.39, 0.29) is 5.75 Å². The molecule has 0 saturated carbocycles. The van der Waals surface area contributed by atoms with E-state index in [4.69, 9.17) is 5.73 Å². The van der Waals surface area contributed by atoms with Crippen LogP contribution in [0.4, 0.5) is 21.6 Å². The number of halogens is 1. The Kier molecular flexibility index (Phi) is 5.32. The molecular weight excluding hydrogens is 355 g/mol. The SMILES string of the molecule is Cc1cc(N)cc2ncnc(Nc3ccc(F)cc3O)c12.O=S1CCC1. The monoisotopic (exact) mass is 374 g/mol. The van der Waals surface area contributed by atoms with Crippen molar-refractivity contribution in [3.63, 3.8) is 0 Å². The van der Waals surface area contributed by atoms with Crippen LogP contribution in [0.15, 0.2) is 36.7 Å². The van der Waals surface area contributed by atoms with Crippen LogP contribution >= 0.6 is 0 Å². The topological polar surface area (TPSA) is 101 Å². The fraction of sp³-hybridized carbons (Fsp3) is 0.222. The van der Waals surface area contributed by atoms with Crippen molar-refractivity contribution >= 4 is 38.9 Å². The number of nitrogens with one attached hydrogen (secondary N) is 1. The third kappa shape index (κ3) is 4.08. The van der Waals surface area contributed by atoms with Gasteiger partial charge in [0.1, 0.15) is 23.7 Å². The number of nitrogens with zero attached hydrogens (tertiary/aromatic N) is 2. The highest BCUT2D eigenvalue weighted by Crippen LogP contribution is 2.31. The summed E-state index contributed by atoms with van der Waals surface area (Å²) in [5.41, 5.74) is 8.41. The molecule has 1 aliphatic heterocycles. The van der Waals surface area contributed by atoms with Gasteiger partial charge in [0, 0.05) is 39.4 Å². The lowest BCUT2D eigenvalue weighted by molar-refractivity contribution is 0.471. The van der Waals surface area contributed by atoms with Crippen LogP contribution < -0.4 is 11.1 Å². The first-order valence-electron chi connectivity index (χ1n) is 8.05. The minimum atomic E-state index is -0.505. The van der Waals surface area contributed by atoms with E-state index in [0.717, 1.165) is 28.5 Å². The number of phenols is 1. The van der Waals surface area contributed by atoms with E-state index in [9.17, 15) is 13.7 Å². The number of anilines is 3. The summed E-state index contributed by atoms with van der Waals surface area (Å²) in [6, 6.07) is 7.32. The Morgan fingerprint density at radius 2 is 1.96 bits per heavy atom. The highest BCUT2D eigenvalue weighted by molar-refractivity contribution is 7.86. The molecule has 1 aromatic heterocycles. The minimum Gasteiger partial charge on any atom is -0.506 e. The van der Waals surface area contributed by atoms with E-state index >= 15 is 0 Å². The van der Waals surface area contributed by atoms with Crippen molar-refractivity contribution in [1.29, 1.82) is 0 Å². The molecule has 1 saturated heterocycles. The molecule has 0 atom stereocenters. The molecule has 136 valence electrons. The normalized spacial score (nSPS) is 13.6. The van der Waals surface area contributed by atoms with Gasteiger partial charge in [0.25, 0.3) is 0 Å². The van der Waals surface area contributed by atoms with E-state index in [2.05, 4.69) is 15.3 Å². The zero-order chi connectivity index (χ0) is 18.7. The Morgan fingerprint density at radius 3 is 2.58 bits per heavy atom. The van der Waals surface area contributed by atoms with Gasteiger partial charge in [0.05, 0.1) is 11.2 Å². The Hall–Kier alpha value is -2.74. The fourth-order valence-electron chi connectivity index (χ4n) is 2.51. The van der Waals surface area contributed by atoms with Gasteiger partial charge < -0.3 is 16.2 Å². The number of nitrogens with two attached hydrogens (primary N) is 1.